The number of benzene rings is 1. The lowest BCUT2D eigenvalue weighted by atomic mass is 10.2. The molecule has 1 unspecified atom stereocenters. The van der Waals surface area contributed by atoms with Crippen molar-refractivity contribution in [3.05, 3.63) is 28.8 Å². The van der Waals surface area contributed by atoms with Gasteiger partial charge in [-0.15, -0.1) is 12.4 Å². The highest BCUT2D eigenvalue weighted by molar-refractivity contribution is 6.32. The highest BCUT2D eigenvalue weighted by atomic mass is 35.5. The van der Waals surface area contributed by atoms with E-state index >= 15 is 0 Å². The Morgan fingerprint density at radius 1 is 1.53 bits per heavy atom. The van der Waals surface area contributed by atoms with Crippen LogP contribution in [0.5, 0.6) is 5.75 Å². The van der Waals surface area contributed by atoms with Crippen LogP contribution >= 0.6 is 24.0 Å². The molecule has 1 amide bonds. The molecule has 0 saturated carbocycles. The number of nitrogens with one attached hydrogen (secondary N) is 1. The molecule has 0 aliphatic heterocycles. The maximum absolute atomic E-state index is 11.5. The van der Waals surface area contributed by atoms with Crippen molar-refractivity contribution in [2.45, 2.75) is 32.4 Å². The third-order valence-corrected chi connectivity index (χ3v) is 2.83. The van der Waals surface area contributed by atoms with Crippen LogP contribution in [0.1, 0.15) is 25.3 Å². The van der Waals surface area contributed by atoms with Crippen molar-refractivity contribution in [2.75, 3.05) is 7.11 Å². The predicted molar refractivity (Wildman–Crippen MR) is 80.0 cm³/mol. The molecule has 0 fully saturated rings. The molecule has 0 radical (unpaired) electrons. The number of rotatable bonds is 6. The molecule has 0 spiro atoms. The fourth-order valence-corrected chi connectivity index (χ4v) is 1.75. The Labute approximate surface area is 125 Å². The number of halogens is 2. The zero-order valence-electron chi connectivity index (χ0n) is 11.1. The van der Waals surface area contributed by atoms with E-state index in [2.05, 4.69) is 5.32 Å². The number of hydrogen-bond acceptors (Lipinski definition) is 3. The fraction of sp³-hybridized carbons (Fsp3) is 0.462. The summed E-state index contributed by atoms with van der Waals surface area (Å²) in [6.45, 7) is 2.35. The van der Waals surface area contributed by atoms with Gasteiger partial charge in [0.1, 0.15) is 5.75 Å². The molecule has 0 heterocycles. The van der Waals surface area contributed by atoms with E-state index in [0.717, 1.165) is 5.56 Å². The second-order valence-electron chi connectivity index (χ2n) is 4.26. The highest BCUT2D eigenvalue weighted by Gasteiger charge is 2.05. The average Bonchev–Trinajstić information content (AvgIpc) is 2.34. The quantitative estimate of drug-likeness (QED) is 0.849. The minimum absolute atomic E-state index is 0. The van der Waals surface area contributed by atoms with Crippen molar-refractivity contribution in [1.29, 1.82) is 0 Å². The summed E-state index contributed by atoms with van der Waals surface area (Å²) < 4.78 is 5.06. The van der Waals surface area contributed by atoms with Crippen LogP contribution in [-0.4, -0.2) is 19.1 Å². The molecule has 1 rings (SSSR count). The van der Waals surface area contributed by atoms with Gasteiger partial charge in [0, 0.05) is 19.0 Å². The van der Waals surface area contributed by atoms with Crippen LogP contribution in [0.25, 0.3) is 0 Å². The first-order valence-corrected chi connectivity index (χ1v) is 6.25. The normalized spacial score (nSPS) is 11.4. The molecule has 0 saturated heterocycles. The van der Waals surface area contributed by atoms with Gasteiger partial charge in [0.25, 0.3) is 0 Å². The van der Waals surface area contributed by atoms with Gasteiger partial charge in [-0.25, -0.2) is 0 Å². The molecule has 108 valence electrons. The molecular formula is C13H20Cl2N2O2. The maximum Gasteiger partial charge on any atom is 0.220 e. The van der Waals surface area contributed by atoms with E-state index in [1.807, 2.05) is 13.0 Å². The zero-order chi connectivity index (χ0) is 13.5. The van der Waals surface area contributed by atoms with Gasteiger partial charge in [-0.3, -0.25) is 4.79 Å². The second-order valence-corrected chi connectivity index (χ2v) is 4.67. The van der Waals surface area contributed by atoms with E-state index in [-0.39, 0.29) is 24.4 Å². The van der Waals surface area contributed by atoms with Gasteiger partial charge in [-0.2, -0.15) is 0 Å². The Kier molecular flexibility index (Phi) is 8.56. The molecule has 1 aromatic carbocycles. The summed E-state index contributed by atoms with van der Waals surface area (Å²) in [6, 6.07) is 5.49. The minimum atomic E-state index is -0.000703. The number of carbonyl (C=O) groups is 1. The molecule has 3 N–H and O–H groups in total. The molecule has 0 aliphatic rings. The van der Waals surface area contributed by atoms with Crippen LogP contribution in [0.4, 0.5) is 0 Å². The number of ether oxygens (including phenoxy) is 1. The summed E-state index contributed by atoms with van der Waals surface area (Å²) >= 11 is 5.99. The minimum Gasteiger partial charge on any atom is -0.495 e. The van der Waals surface area contributed by atoms with Gasteiger partial charge in [0.15, 0.2) is 0 Å². The average molecular weight is 307 g/mol. The zero-order valence-corrected chi connectivity index (χ0v) is 12.7. The molecule has 6 heteroatoms. The van der Waals surface area contributed by atoms with E-state index in [9.17, 15) is 4.79 Å². The smallest absolute Gasteiger partial charge is 0.220 e. The standard InChI is InChI=1S/C13H19ClN2O2.ClH/c1-9(15)3-6-13(17)16-8-10-4-5-12(18-2)11(14)7-10;/h4-5,7,9H,3,6,8,15H2,1-2H3,(H,16,17);1H. The Balaban J connectivity index is 0.00000324. The lowest BCUT2D eigenvalue weighted by Crippen LogP contribution is -2.25. The van der Waals surface area contributed by atoms with Gasteiger partial charge < -0.3 is 15.8 Å². The number of hydrogen-bond donors (Lipinski definition) is 2. The first-order chi connectivity index (χ1) is 8.52. The van der Waals surface area contributed by atoms with Gasteiger partial charge in [-0.1, -0.05) is 17.7 Å². The fourth-order valence-electron chi connectivity index (χ4n) is 1.47. The van der Waals surface area contributed by atoms with Crippen molar-refractivity contribution in [3.8, 4) is 5.75 Å². The van der Waals surface area contributed by atoms with E-state index in [1.54, 1.807) is 19.2 Å². The Morgan fingerprint density at radius 3 is 2.74 bits per heavy atom. The summed E-state index contributed by atoms with van der Waals surface area (Å²) in [5, 5.41) is 3.37. The van der Waals surface area contributed by atoms with E-state index in [4.69, 9.17) is 22.1 Å². The van der Waals surface area contributed by atoms with Gasteiger partial charge in [0.2, 0.25) is 5.91 Å². The molecule has 19 heavy (non-hydrogen) atoms. The third-order valence-electron chi connectivity index (χ3n) is 2.53. The second kappa shape index (κ2) is 9.02. The van der Waals surface area contributed by atoms with Crippen molar-refractivity contribution in [1.82, 2.24) is 5.32 Å². The summed E-state index contributed by atoms with van der Waals surface area (Å²) in [7, 11) is 1.57. The molecule has 1 atom stereocenters. The highest BCUT2D eigenvalue weighted by Crippen LogP contribution is 2.24. The molecule has 1 aromatic rings. The summed E-state index contributed by atoms with van der Waals surface area (Å²) in [4.78, 5) is 11.5. The topological polar surface area (TPSA) is 64.3 Å². The Hall–Kier alpha value is -0.970. The van der Waals surface area contributed by atoms with Gasteiger partial charge in [-0.05, 0) is 31.0 Å². The maximum atomic E-state index is 11.5. The van der Waals surface area contributed by atoms with Crippen LogP contribution in [0.2, 0.25) is 5.02 Å². The summed E-state index contributed by atoms with van der Waals surface area (Å²) in [6.07, 6.45) is 1.14. The number of methoxy groups -OCH3 is 1. The van der Waals surface area contributed by atoms with Crippen molar-refractivity contribution in [3.63, 3.8) is 0 Å². The first-order valence-electron chi connectivity index (χ1n) is 5.87. The van der Waals surface area contributed by atoms with Crippen LogP contribution in [0.15, 0.2) is 18.2 Å². The number of carbonyl (C=O) groups excluding carboxylic acids is 1. The van der Waals surface area contributed by atoms with E-state index in [1.165, 1.54) is 0 Å². The van der Waals surface area contributed by atoms with Crippen molar-refractivity contribution >= 4 is 29.9 Å². The molecule has 0 aromatic heterocycles. The van der Waals surface area contributed by atoms with Crippen LogP contribution in [0, 0.1) is 0 Å². The van der Waals surface area contributed by atoms with Crippen molar-refractivity contribution in [2.24, 2.45) is 5.73 Å². The van der Waals surface area contributed by atoms with Crippen LogP contribution < -0.4 is 15.8 Å². The van der Waals surface area contributed by atoms with Crippen LogP contribution in [0.3, 0.4) is 0 Å². The van der Waals surface area contributed by atoms with Crippen molar-refractivity contribution < 1.29 is 9.53 Å². The monoisotopic (exact) mass is 306 g/mol. The Bertz CT molecular complexity index is 412. The summed E-state index contributed by atoms with van der Waals surface area (Å²) in [5.74, 6) is 0.628. The largest absolute Gasteiger partial charge is 0.495 e. The number of nitrogens with two attached hydrogens (primary N) is 1. The molecular weight excluding hydrogens is 287 g/mol. The molecule has 0 aliphatic carbocycles. The first kappa shape index (κ1) is 18.0. The van der Waals surface area contributed by atoms with E-state index in [0.29, 0.717) is 30.2 Å². The Morgan fingerprint density at radius 2 is 2.21 bits per heavy atom. The van der Waals surface area contributed by atoms with Gasteiger partial charge >= 0.3 is 0 Å². The van der Waals surface area contributed by atoms with E-state index < -0.39 is 0 Å². The lowest BCUT2D eigenvalue weighted by molar-refractivity contribution is -0.121. The van der Waals surface area contributed by atoms with Crippen LogP contribution in [-0.2, 0) is 11.3 Å². The predicted octanol–water partition coefficient (Wildman–Crippen LogP) is 2.51. The lowest BCUT2D eigenvalue weighted by Gasteiger charge is -2.08. The third kappa shape index (κ3) is 6.66. The summed E-state index contributed by atoms with van der Waals surface area (Å²) in [5.41, 5.74) is 6.53. The molecule has 4 nitrogen and oxygen atoms in total. The SMILES string of the molecule is COc1ccc(CNC(=O)CCC(C)N)cc1Cl.Cl. The number of amides is 1. The van der Waals surface area contributed by atoms with Gasteiger partial charge in [0.05, 0.1) is 12.1 Å². The molecule has 0 bridgehead atoms.